The van der Waals surface area contributed by atoms with Crippen molar-refractivity contribution in [3.05, 3.63) is 45.1 Å². The van der Waals surface area contributed by atoms with Crippen LogP contribution in [0.2, 0.25) is 0 Å². The topological polar surface area (TPSA) is 88.2 Å². The summed E-state index contributed by atoms with van der Waals surface area (Å²) >= 11 is 0. The molecule has 0 aliphatic carbocycles. The monoisotopic (exact) mass is 217 g/mol. The van der Waals surface area contributed by atoms with Crippen LogP contribution >= 0.6 is 0 Å². The average Bonchev–Trinajstić information content (AvgIpc) is 2.30. The van der Waals surface area contributed by atoms with Crippen LogP contribution in [0.1, 0.15) is 0 Å². The van der Waals surface area contributed by atoms with Crippen LogP contribution in [0, 0.1) is 0 Å². The van der Waals surface area contributed by atoms with Crippen LogP contribution in [0.25, 0.3) is 21.4 Å². The molecular weight excluding hydrogens is 210 g/mol. The average molecular weight is 217 g/mol. The Morgan fingerprint density at radius 2 is 2.25 bits per heavy atom. The molecule has 80 valence electrons. The van der Waals surface area contributed by atoms with Gasteiger partial charge in [0.25, 0.3) is 0 Å². The number of ether oxygens (including phenoxy) is 1. The molecule has 1 aromatic carbocycles. The second-order valence-corrected chi connectivity index (χ2v) is 3.01. The van der Waals surface area contributed by atoms with Gasteiger partial charge in [-0.3, -0.25) is 0 Å². The first-order valence-electron chi connectivity index (χ1n) is 4.41. The van der Waals surface area contributed by atoms with Gasteiger partial charge in [-0.2, -0.15) is 0 Å². The molecule has 0 saturated heterocycles. The van der Waals surface area contributed by atoms with Gasteiger partial charge in [-0.05, 0) is 23.7 Å². The van der Waals surface area contributed by atoms with Crippen LogP contribution in [-0.2, 0) is 0 Å². The van der Waals surface area contributed by atoms with Gasteiger partial charge in [0.15, 0.2) is 0 Å². The number of nitrogens with zero attached hydrogens (tertiary/aromatic N) is 3. The minimum Gasteiger partial charge on any atom is -0.497 e. The summed E-state index contributed by atoms with van der Waals surface area (Å²) in [6.45, 7) is 0. The summed E-state index contributed by atoms with van der Waals surface area (Å²) in [7, 11) is 1.52. The van der Waals surface area contributed by atoms with Crippen LogP contribution in [0.4, 0.5) is 5.69 Å². The van der Waals surface area contributed by atoms with Crippen LogP contribution in [0.15, 0.2) is 38.6 Å². The van der Waals surface area contributed by atoms with E-state index in [4.69, 9.17) is 14.7 Å². The summed E-state index contributed by atoms with van der Waals surface area (Å²) < 4.78 is 9.98. The fraction of sp³-hybridized carbons (Fsp3) is 0.100. The van der Waals surface area contributed by atoms with Crippen molar-refractivity contribution in [3.8, 4) is 5.75 Å². The highest BCUT2D eigenvalue weighted by molar-refractivity contribution is 5.80. The summed E-state index contributed by atoms with van der Waals surface area (Å²) in [5.41, 5.74) is 7.92. The molecule has 0 saturated carbocycles. The van der Waals surface area contributed by atoms with Gasteiger partial charge in [0.2, 0.25) is 0 Å². The smallest absolute Gasteiger partial charge is 0.345 e. The lowest BCUT2D eigenvalue weighted by atomic mass is 10.2. The van der Waals surface area contributed by atoms with E-state index in [9.17, 15) is 4.79 Å². The summed E-state index contributed by atoms with van der Waals surface area (Å²) in [6.07, 6.45) is 0. The number of fused-ring (bicyclic) bond motifs is 1. The molecule has 0 fully saturated rings. The molecular formula is C10H7N3O3. The molecule has 0 aliphatic heterocycles. The van der Waals surface area contributed by atoms with E-state index in [1.165, 1.54) is 13.2 Å². The van der Waals surface area contributed by atoms with Gasteiger partial charge in [-0.25, -0.2) is 4.79 Å². The molecule has 6 nitrogen and oxygen atoms in total. The SMILES string of the molecule is COc1ccc2cc(N=[N+]=[N-])c(=O)oc2c1. The molecule has 0 spiro atoms. The molecule has 16 heavy (non-hydrogen) atoms. The maximum Gasteiger partial charge on any atom is 0.345 e. The largest absolute Gasteiger partial charge is 0.497 e. The Morgan fingerprint density at radius 1 is 1.44 bits per heavy atom. The normalized spacial score (nSPS) is 9.81. The molecule has 6 heteroatoms. The van der Waals surface area contributed by atoms with Gasteiger partial charge in [0.05, 0.1) is 7.11 Å². The lowest BCUT2D eigenvalue weighted by molar-refractivity contribution is 0.414. The molecule has 0 aliphatic rings. The first-order chi connectivity index (χ1) is 7.74. The maximum atomic E-state index is 11.4. The fourth-order valence-electron chi connectivity index (χ4n) is 1.33. The van der Waals surface area contributed by atoms with Gasteiger partial charge in [-0.1, -0.05) is 5.11 Å². The van der Waals surface area contributed by atoms with Crippen molar-refractivity contribution in [1.82, 2.24) is 0 Å². The van der Waals surface area contributed by atoms with Gasteiger partial charge in [0.1, 0.15) is 17.0 Å². The Bertz CT molecular complexity index is 641. The lowest BCUT2D eigenvalue weighted by Crippen LogP contribution is -1.97. The highest BCUT2D eigenvalue weighted by Crippen LogP contribution is 2.22. The predicted molar refractivity (Wildman–Crippen MR) is 57.8 cm³/mol. The molecule has 2 aromatic rings. The third-order valence-corrected chi connectivity index (χ3v) is 2.08. The summed E-state index contributed by atoms with van der Waals surface area (Å²) in [5.74, 6) is 0.590. The van der Waals surface area contributed by atoms with E-state index in [0.717, 1.165) is 0 Å². The van der Waals surface area contributed by atoms with E-state index in [0.29, 0.717) is 16.7 Å². The molecule has 1 aromatic heterocycles. The quantitative estimate of drug-likeness (QED) is 0.335. The number of rotatable bonds is 2. The minimum atomic E-state index is -0.668. The number of hydrogen-bond acceptors (Lipinski definition) is 4. The Balaban J connectivity index is 2.73. The number of benzene rings is 1. The van der Waals surface area contributed by atoms with Crippen LogP contribution in [-0.4, -0.2) is 7.11 Å². The Kier molecular flexibility index (Phi) is 2.49. The van der Waals surface area contributed by atoms with Crippen molar-refractivity contribution < 1.29 is 9.15 Å². The van der Waals surface area contributed by atoms with E-state index in [2.05, 4.69) is 10.0 Å². The van der Waals surface area contributed by atoms with Gasteiger partial charge in [0, 0.05) is 16.4 Å². The van der Waals surface area contributed by atoms with E-state index in [1.54, 1.807) is 18.2 Å². The van der Waals surface area contributed by atoms with Crippen molar-refractivity contribution in [2.45, 2.75) is 0 Å². The predicted octanol–water partition coefficient (Wildman–Crippen LogP) is 2.74. The Hall–Kier alpha value is -2.46. The van der Waals surface area contributed by atoms with E-state index in [1.807, 2.05) is 0 Å². The van der Waals surface area contributed by atoms with Gasteiger partial charge < -0.3 is 9.15 Å². The zero-order valence-electron chi connectivity index (χ0n) is 8.38. The third-order valence-electron chi connectivity index (χ3n) is 2.08. The van der Waals surface area contributed by atoms with Crippen molar-refractivity contribution in [3.63, 3.8) is 0 Å². The first-order valence-corrected chi connectivity index (χ1v) is 4.41. The second-order valence-electron chi connectivity index (χ2n) is 3.01. The van der Waals surface area contributed by atoms with Gasteiger partial charge >= 0.3 is 5.63 Å². The molecule has 0 radical (unpaired) electrons. The van der Waals surface area contributed by atoms with Crippen LogP contribution in [0.3, 0.4) is 0 Å². The zero-order chi connectivity index (χ0) is 11.5. The Labute approximate surface area is 89.7 Å². The summed E-state index contributed by atoms with van der Waals surface area (Å²) in [6, 6.07) is 6.51. The van der Waals surface area contributed by atoms with E-state index >= 15 is 0 Å². The Morgan fingerprint density at radius 3 is 2.94 bits per heavy atom. The minimum absolute atomic E-state index is 0.0554. The fourth-order valence-corrected chi connectivity index (χ4v) is 1.33. The van der Waals surface area contributed by atoms with Crippen LogP contribution < -0.4 is 10.4 Å². The third kappa shape index (κ3) is 1.69. The number of methoxy groups -OCH3 is 1. The molecule has 0 N–H and O–H groups in total. The molecule has 0 bridgehead atoms. The van der Waals surface area contributed by atoms with Crippen molar-refractivity contribution in [2.24, 2.45) is 5.11 Å². The zero-order valence-corrected chi connectivity index (χ0v) is 8.38. The molecule has 1 heterocycles. The molecule has 0 unspecified atom stereocenters. The standard InChI is InChI=1S/C10H7N3O3/c1-15-7-3-2-6-4-8(12-13-11)10(14)16-9(6)5-7/h2-5H,1H3. The van der Waals surface area contributed by atoms with Crippen molar-refractivity contribution in [1.29, 1.82) is 0 Å². The lowest BCUT2D eigenvalue weighted by Gasteiger charge is -2.01. The van der Waals surface area contributed by atoms with Gasteiger partial charge in [-0.15, -0.1) is 0 Å². The van der Waals surface area contributed by atoms with Crippen molar-refractivity contribution >= 4 is 16.7 Å². The van der Waals surface area contributed by atoms with E-state index in [-0.39, 0.29) is 5.69 Å². The van der Waals surface area contributed by atoms with Crippen LogP contribution in [0.5, 0.6) is 5.75 Å². The highest BCUT2D eigenvalue weighted by atomic mass is 16.5. The summed E-state index contributed by atoms with van der Waals surface area (Å²) in [5, 5.41) is 3.91. The first kappa shape index (κ1) is 10.1. The number of hydrogen-bond donors (Lipinski definition) is 0. The van der Waals surface area contributed by atoms with E-state index < -0.39 is 5.63 Å². The second kappa shape index (κ2) is 3.96. The highest BCUT2D eigenvalue weighted by Gasteiger charge is 2.04. The van der Waals surface area contributed by atoms with Crippen molar-refractivity contribution in [2.75, 3.05) is 7.11 Å². The molecule has 0 atom stereocenters. The maximum absolute atomic E-state index is 11.4. The number of azide groups is 1. The molecule has 0 amide bonds. The summed E-state index contributed by atoms with van der Waals surface area (Å²) in [4.78, 5) is 13.9. The molecule has 2 rings (SSSR count).